The van der Waals surface area contributed by atoms with Crippen molar-refractivity contribution < 1.29 is 14.3 Å². The number of hydrogen-bond donors (Lipinski definition) is 2. The van der Waals surface area contributed by atoms with E-state index in [9.17, 15) is 9.59 Å². The van der Waals surface area contributed by atoms with E-state index in [2.05, 4.69) is 54.0 Å². The zero-order valence-corrected chi connectivity index (χ0v) is 19.8. The van der Waals surface area contributed by atoms with Crippen molar-refractivity contribution in [2.24, 2.45) is 5.92 Å². The summed E-state index contributed by atoms with van der Waals surface area (Å²) >= 11 is 1.67. The summed E-state index contributed by atoms with van der Waals surface area (Å²) in [5.41, 5.74) is 2.15. The van der Waals surface area contributed by atoms with Gasteiger partial charge >= 0.3 is 5.97 Å². The molecule has 1 fully saturated rings. The van der Waals surface area contributed by atoms with Gasteiger partial charge in [-0.2, -0.15) is 0 Å². The Morgan fingerprint density at radius 1 is 1.15 bits per heavy atom. The van der Waals surface area contributed by atoms with Crippen molar-refractivity contribution >= 4 is 56.2 Å². The molecular weight excluding hydrogens is 456 g/mol. The predicted octanol–water partition coefficient (Wildman–Crippen LogP) is 2.76. The Hall–Kier alpha value is -3.67. The number of ether oxygens (including phenoxy) is 1. The number of H-pyrrole nitrogens is 1. The van der Waals surface area contributed by atoms with E-state index in [1.54, 1.807) is 24.6 Å². The van der Waals surface area contributed by atoms with Crippen molar-refractivity contribution in [2.75, 3.05) is 23.3 Å². The van der Waals surface area contributed by atoms with E-state index < -0.39 is 12.0 Å². The van der Waals surface area contributed by atoms with E-state index in [0.717, 1.165) is 16.0 Å². The highest BCUT2D eigenvalue weighted by atomic mass is 32.1. The lowest BCUT2D eigenvalue weighted by Crippen LogP contribution is -2.39. The predicted molar refractivity (Wildman–Crippen MR) is 128 cm³/mol. The molecule has 11 nitrogen and oxygen atoms in total. The molecule has 1 aliphatic rings. The van der Waals surface area contributed by atoms with Gasteiger partial charge in [0.15, 0.2) is 17.6 Å². The fraction of sp³-hybridized carbons (Fsp3) is 0.409. The molecule has 4 aromatic heterocycles. The van der Waals surface area contributed by atoms with Crippen molar-refractivity contribution in [3.63, 3.8) is 0 Å². The van der Waals surface area contributed by atoms with Crippen molar-refractivity contribution in [3.05, 3.63) is 29.4 Å². The second-order valence-electron chi connectivity index (χ2n) is 8.31. The van der Waals surface area contributed by atoms with Crippen LogP contribution >= 0.6 is 11.3 Å². The maximum absolute atomic E-state index is 12.8. The van der Waals surface area contributed by atoms with Gasteiger partial charge in [0, 0.05) is 18.0 Å². The fourth-order valence-electron chi connectivity index (χ4n) is 4.13. The monoisotopic (exact) mass is 480 g/mol. The van der Waals surface area contributed by atoms with E-state index in [0.29, 0.717) is 42.9 Å². The first-order valence-electron chi connectivity index (χ1n) is 11.0. The lowest BCUT2D eigenvalue weighted by atomic mass is 9.96. The second kappa shape index (κ2) is 8.93. The summed E-state index contributed by atoms with van der Waals surface area (Å²) in [6.45, 7) is 7.09. The molecule has 5 heterocycles. The molecule has 1 atom stereocenters. The summed E-state index contributed by atoms with van der Waals surface area (Å²) in [5.74, 6) is 0.104. The van der Waals surface area contributed by atoms with Crippen LogP contribution in [0.2, 0.25) is 0 Å². The van der Waals surface area contributed by atoms with Gasteiger partial charge < -0.3 is 19.9 Å². The molecule has 0 saturated carbocycles. The smallest absolute Gasteiger partial charge is 0.309 e. The quantitative estimate of drug-likeness (QED) is 0.413. The number of hydrogen-bond acceptors (Lipinski definition) is 10. The van der Waals surface area contributed by atoms with E-state index in [-0.39, 0.29) is 11.9 Å². The van der Waals surface area contributed by atoms with Crippen LogP contribution in [0, 0.1) is 19.8 Å². The highest BCUT2D eigenvalue weighted by Crippen LogP contribution is 2.35. The Morgan fingerprint density at radius 3 is 2.71 bits per heavy atom. The molecule has 1 amide bonds. The molecule has 0 spiro atoms. The van der Waals surface area contributed by atoms with E-state index in [1.807, 2.05) is 0 Å². The molecule has 0 aromatic carbocycles. The maximum atomic E-state index is 12.8. The molecule has 5 rings (SSSR count). The van der Waals surface area contributed by atoms with Crippen LogP contribution in [0.5, 0.6) is 0 Å². The molecule has 0 aliphatic carbocycles. The molecule has 1 saturated heterocycles. The minimum absolute atomic E-state index is 0.271. The van der Waals surface area contributed by atoms with Crippen LogP contribution in [0.15, 0.2) is 19.0 Å². The van der Waals surface area contributed by atoms with Gasteiger partial charge in [0.05, 0.1) is 17.6 Å². The third-order valence-electron chi connectivity index (χ3n) is 6.20. The number of rotatable bonds is 5. The summed E-state index contributed by atoms with van der Waals surface area (Å²) in [7, 11) is 0. The first-order valence-corrected chi connectivity index (χ1v) is 11.8. The van der Waals surface area contributed by atoms with Crippen molar-refractivity contribution in [1.82, 2.24) is 29.9 Å². The van der Waals surface area contributed by atoms with Crippen LogP contribution in [-0.4, -0.2) is 61.0 Å². The Bertz CT molecular complexity index is 1380. The molecule has 12 heteroatoms. The van der Waals surface area contributed by atoms with Gasteiger partial charge in [0.2, 0.25) is 0 Å². The average Bonchev–Trinajstić information content (AvgIpc) is 3.44. The molecule has 0 bridgehead atoms. The molecule has 1 aliphatic heterocycles. The number of thiophene rings is 1. The van der Waals surface area contributed by atoms with E-state index in [1.165, 1.54) is 23.1 Å². The topological polar surface area (TPSA) is 139 Å². The first-order chi connectivity index (χ1) is 16.4. The Labute approximate surface area is 199 Å². The van der Waals surface area contributed by atoms with Crippen LogP contribution in [-0.2, 0) is 14.3 Å². The number of aryl methyl sites for hydroxylation is 2. The number of carbonyl (C=O) groups is 2. The van der Waals surface area contributed by atoms with Gasteiger partial charge in [-0.25, -0.2) is 24.9 Å². The first kappa shape index (κ1) is 22.1. The summed E-state index contributed by atoms with van der Waals surface area (Å²) in [4.78, 5) is 53.7. The maximum Gasteiger partial charge on any atom is 0.309 e. The van der Waals surface area contributed by atoms with Crippen LogP contribution in [0.25, 0.3) is 21.4 Å². The molecule has 1 unspecified atom stereocenters. The standard InChI is InChI=1S/C22H24N8O3S/c1-11-13(3)34-21-15(11)19(27-10-28-21)30-6-4-14(5-7-30)22(32)33-12(2)20(31)29-18-16-17(24-8-23-16)25-9-26-18/h8-10,12,14H,4-7H2,1-3H3,(H2,23,24,25,26,29,31). The lowest BCUT2D eigenvalue weighted by molar-refractivity contribution is -0.158. The van der Waals surface area contributed by atoms with Gasteiger partial charge in [-0.15, -0.1) is 11.3 Å². The highest BCUT2D eigenvalue weighted by Gasteiger charge is 2.30. The number of aromatic nitrogens is 6. The van der Waals surface area contributed by atoms with Crippen molar-refractivity contribution in [2.45, 2.75) is 39.7 Å². The Balaban J connectivity index is 1.19. The molecule has 176 valence electrons. The van der Waals surface area contributed by atoms with E-state index in [4.69, 9.17) is 4.74 Å². The number of amides is 1. The van der Waals surface area contributed by atoms with Gasteiger partial charge in [-0.1, -0.05) is 0 Å². The normalized spacial score (nSPS) is 15.6. The van der Waals surface area contributed by atoms with Crippen LogP contribution in [0.1, 0.15) is 30.2 Å². The molecule has 34 heavy (non-hydrogen) atoms. The largest absolute Gasteiger partial charge is 0.452 e. The van der Waals surface area contributed by atoms with Crippen LogP contribution in [0.3, 0.4) is 0 Å². The SMILES string of the molecule is Cc1sc2ncnc(N3CCC(C(=O)OC(C)C(=O)Nc4ncnc5nc[nH]c45)CC3)c2c1C. The van der Waals surface area contributed by atoms with Crippen LogP contribution in [0.4, 0.5) is 11.6 Å². The second-order valence-corrected chi connectivity index (χ2v) is 9.52. The number of carbonyl (C=O) groups excluding carboxylic acids is 2. The van der Waals surface area contributed by atoms with E-state index >= 15 is 0 Å². The van der Waals surface area contributed by atoms with Gasteiger partial charge in [-0.05, 0) is 39.2 Å². The third kappa shape index (κ3) is 4.04. The lowest BCUT2D eigenvalue weighted by Gasteiger charge is -2.32. The molecule has 2 N–H and O–H groups in total. The molecular formula is C22H24N8O3S. The zero-order chi connectivity index (χ0) is 23.8. The number of nitrogens with zero attached hydrogens (tertiary/aromatic N) is 6. The number of aromatic amines is 1. The minimum atomic E-state index is -0.962. The van der Waals surface area contributed by atoms with Gasteiger partial charge in [0.25, 0.3) is 5.91 Å². The Morgan fingerprint density at radius 2 is 1.91 bits per heavy atom. The fourth-order valence-corrected chi connectivity index (χ4v) is 5.12. The number of imidazole rings is 1. The van der Waals surface area contributed by atoms with Gasteiger partial charge in [0.1, 0.15) is 28.8 Å². The number of fused-ring (bicyclic) bond motifs is 2. The molecule has 0 radical (unpaired) electrons. The third-order valence-corrected chi connectivity index (χ3v) is 7.32. The van der Waals surface area contributed by atoms with Crippen molar-refractivity contribution in [1.29, 1.82) is 0 Å². The molecule has 4 aromatic rings. The average molecular weight is 481 g/mol. The van der Waals surface area contributed by atoms with Crippen LogP contribution < -0.4 is 10.2 Å². The number of piperidine rings is 1. The van der Waals surface area contributed by atoms with Gasteiger partial charge in [-0.3, -0.25) is 9.59 Å². The summed E-state index contributed by atoms with van der Waals surface area (Å²) in [5, 5.41) is 3.76. The summed E-state index contributed by atoms with van der Waals surface area (Å²) < 4.78 is 5.49. The minimum Gasteiger partial charge on any atom is -0.452 e. The van der Waals surface area contributed by atoms with Crippen molar-refractivity contribution in [3.8, 4) is 0 Å². The summed E-state index contributed by atoms with van der Waals surface area (Å²) in [6, 6.07) is 0. The highest BCUT2D eigenvalue weighted by molar-refractivity contribution is 7.18. The number of anilines is 2. The Kier molecular flexibility index (Phi) is 5.82. The summed E-state index contributed by atoms with van der Waals surface area (Å²) in [6.07, 6.45) is 4.67. The zero-order valence-electron chi connectivity index (χ0n) is 19.0. The number of esters is 1. The number of nitrogens with one attached hydrogen (secondary N) is 2.